The minimum absolute atomic E-state index is 0.0101. The predicted molar refractivity (Wildman–Crippen MR) is 199 cm³/mol. The van der Waals surface area contributed by atoms with Crippen molar-refractivity contribution in [2.75, 3.05) is 30.3 Å². The molecular formula is C37H41Cl2N3O5S2. The zero-order valence-electron chi connectivity index (χ0n) is 27.9. The second kappa shape index (κ2) is 17.8. The van der Waals surface area contributed by atoms with Crippen molar-refractivity contribution < 1.29 is 22.7 Å². The van der Waals surface area contributed by atoms with Crippen LogP contribution in [0.2, 0.25) is 10.0 Å². The van der Waals surface area contributed by atoms with Gasteiger partial charge in [0.2, 0.25) is 11.8 Å². The van der Waals surface area contributed by atoms with Crippen LogP contribution in [0.3, 0.4) is 0 Å². The Morgan fingerprint density at radius 3 is 2.18 bits per heavy atom. The number of hydrogen-bond donors (Lipinski definition) is 1. The van der Waals surface area contributed by atoms with E-state index in [1.807, 2.05) is 50.4 Å². The Labute approximate surface area is 303 Å². The molecule has 0 fully saturated rings. The molecule has 0 unspecified atom stereocenters. The average molecular weight is 743 g/mol. The topological polar surface area (TPSA) is 96.0 Å². The molecule has 0 aliphatic heterocycles. The highest BCUT2D eigenvalue weighted by Gasteiger charge is 2.35. The van der Waals surface area contributed by atoms with Crippen LogP contribution in [0.4, 0.5) is 5.69 Å². The molecule has 1 atom stereocenters. The van der Waals surface area contributed by atoms with Gasteiger partial charge < -0.3 is 15.0 Å². The molecule has 0 aromatic heterocycles. The quantitative estimate of drug-likeness (QED) is 0.118. The number of hydrogen-bond acceptors (Lipinski definition) is 6. The lowest BCUT2D eigenvalue weighted by Crippen LogP contribution is -2.53. The second-order valence-corrected chi connectivity index (χ2v) is 15.3. The molecule has 0 saturated heterocycles. The van der Waals surface area contributed by atoms with Gasteiger partial charge in [-0.05, 0) is 78.8 Å². The third kappa shape index (κ3) is 10.2. The lowest BCUT2D eigenvalue weighted by atomic mass is 10.0. The number of carbonyl (C=O) groups excluding carboxylic acids is 2. The highest BCUT2D eigenvalue weighted by molar-refractivity contribution is 7.98. The van der Waals surface area contributed by atoms with Crippen LogP contribution < -0.4 is 14.4 Å². The number of sulfonamides is 1. The van der Waals surface area contributed by atoms with Crippen LogP contribution in [-0.2, 0) is 32.6 Å². The molecule has 260 valence electrons. The number of nitrogens with one attached hydrogen (secondary N) is 1. The zero-order chi connectivity index (χ0) is 35.6. The largest absolute Gasteiger partial charge is 0.492 e. The van der Waals surface area contributed by atoms with Gasteiger partial charge in [-0.2, -0.15) is 0 Å². The molecular weight excluding hydrogens is 701 g/mol. The van der Waals surface area contributed by atoms with Crippen molar-refractivity contribution in [3.05, 3.63) is 118 Å². The number of nitrogens with zero attached hydrogens (tertiary/aromatic N) is 2. The summed E-state index contributed by atoms with van der Waals surface area (Å²) >= 11 is 14.1. The molecule has 0 saturated carbocycles. The molecule has 1 N–H and O–H groups in total. The zero-order valence-corrected chi connectivity index (χ0v) is 31.1. The first kappa shape index (κ1) is 38.1. The fourth-order valence-corrected chi connectivity index (χ4v) is 7.29. The highest BCUT2D eigenvalue weighted by Crippen LogP contribution is 2.34. The van der Waals surface area contributed by atoms with Crippen molar-refractivity contribution in [1.82, 2.24) is 10.2 Å². The summed E-state index contributed by atoms with van der Waals surface area (Å²) < 4.78 is 35.8. The van der Waals surface area contributed by atoms with Gasteiger partial charge in [-0.15, -0.1) is 11.8 Å². The van der Waals surface area contributed by atoms with Crippen LogP contribution >= 0.6 is 35.0 Å². The smallest absolute Gasteiger partial charge is 0.264 e. The van der Waals surface area contributed by atoms with E-state index in [-0.39, 0.29) is 42.0 Å². The first-order valence-electron chi connectivity index (χ1n) is 15.9. The molecule has 12 heteroatoms. The number of halogens is 2. The maximum atomic E-state index is 14.7. The number of carbonyl (C=O) groups is 2. The molecule has 4 rings (SSSR count). The van der Waals surface area contributed by atoms with Gasteiger partial charge in [-0.1, -0.05) is 85.6 Å². The Morgan fingerprint density at radius 1 is 0.878 bits per heavy atom. The summed E-state index contributed by atoms with van der Waals surface area (Å²) in [5, 5.41) is 3.62. The number of thioether (sulfide) groups is 1. The Kier molecular flexibility index (Phi) is 13.8. The van der Waals surface area contributed by atoms with Gasteiger partial charge in [-0.25, -0.2) is 8.42 Å². The van der Waals surface area contributed by atoms with Crippen molar-refractivity contribution >= 4 is 62.5 Å². The lowest BCUT2D eigenvalue weighted by molar-refractivity contribution is -0.140. The van der Waals surface area contributed by atoms with Gasteiger partial charge >= 0.3 is 0 Å². The standard InChI is InChI=1S/C37H41Cl2N3O5S2/c1-5-47-35-14-10-9-13-33(35)42(49(45,46)30-18-16-29(48-4)17-19-30)25-36(43)41(24-28-15-20-31(38)32(39)21-28)34(37(44)40-23-26(2)3)22-27-11-7-6-8-12-27/h6-21,26,34H,5,22-25H2,1-4H3,(H,40,44)/t34-/m0/s1. The van der Waals surface area contributed by atoms with Gasteiger partial charge in [0.05, 0.1) is 27.2 Å². The predicted octanol–water partition coefficient (Wildman–Crippen LogP) is 7.72. The molecule has 2 amide bonds. The van der Waals surface area contributed by atoms with Crippen LogP contribution in [0.25, 0.3) is 0 Å². The second-order valence-electron chi connectivity index (χ2n) is 11.7. The van der Waals surface area contributed by atoms with E-state index >= 15 is 0 Å². The minimum atomic E-state index is -4.30. The Hall–Kier alpha value is -3.70. The van der Waals surface area contributed by atoms with E-state index in [0.29, 0.717) is 27.9 Å². The minimum Gasteiger partial charge on any atom is -0.492 e. The fourth-order valence-electron chi connectivity index (χ4n) is 5.14. The number of benzene rings is 4. The van der Waals surface area contributed by atoms with E-state index in [1.165, 1.54) is 28.8 Å². The molecule has 0 aliphatic rings. The lowest BCUT2D eigenvalue weighted by Gasteiger charge is -2.34. The average Bonchev–Trinajstić information content (AvgIpc) is 3.10. The van der Waals surface area contributed by atoms with E-state index in [2.05, 4.69) is 5.32 Å². The van der Waals surface area contributed by atoms with Gasteiger partial charge in [0, 0.05) is 24.4 Å². The highest BCUT2D eigenvalue weighted by atomic mass is 35.5. The van der Waals surface area contributed by atoms with Crippen molar-refractivity contribution in [1.29, 1.82) is 0 Å². The molecule has 0 spiro atoms. The Morgan fingerprint density at radius 2 is 1.55 bits per heavy atom. The molecule has 0 heterocycles. The molecule has 4 aromatic rings. The molecule has 0 aliphatic carbocycles. The van der Waals surface area contributed by atoms with Crippen LogP contribution in [0, 0.1) is 5.92 Å². The number of rotatable bonds is 16. The maximum Gasteiger partial charge on any atom is 0.264 e. The summed E-state index contributed by atoms with van der Waals surface area (Å²) in [7, 11) is -4.30. The van der Waals surface area contributed by atoms with Crippen molar-refractivity contribution in [3.8, 4) is 5.75 Å². The summed E-state index contributed by atoms with van der Waals surface area (Å²) in [6.07, 6.45) is 2.09. The number of para-hydroxylation sites is 2. The first-order chi connectivity index (χ1) is 23.4. The summed E-state index contributed by atoms with van der Waals surface area (Å²) in [4.78, 5) is 31.0. The molecule has 0 bridgehead atoms. The SMILES string of the molecule is CCOc1ccccc1N(CC(=O)N(Cc1ccc(Cl)c(Cl)c1)[C@@H](Cc1ccccc1)C(=O)NCC(C)C)S(=O)(=O)c1ccc(SC)cc1. The number of anilines is 1. The molecule has 0 radical (unpaired) electrons. The normalized spacial score (nSPS) is 12.0. The summed E-state index contributed by atoms with van der Waals surface area (Å²) in [6.45, 7) is 5.79. The van der Waals surface area contributed by atoms with Gasteiger partial charge in [0.25, 0.3) is 10.0 Å². The number of ether oxygens (including phenoxy) is 1. The summed E-state index contributed by atoms with van der Waals surface area (Å²) in [6, 6.07) is 26.6. The van der Waals surface area contributed by atoms with Crippen molar-refractivity contribution in [2.45, 2.75) is 49.6 Å². The van der Waals surface area contributed by atoms with Crippen molar-refractivity contribution in [2.24, 2.45) is 5.92 Å². The van der Waals surface area contributed by atoms with Crippen molar-refractivity contribution in [3.63, 3.8) is 0 Å². The van der Waals surface area contributed by atoms with E-state index in [4.69, 9.17) is 27.9 Å². The van der Waals surface area contributed by atoms with E-state index < -0.39 is 28.5 Å². The van der Waals surface area contributed by atoms with Gasteiger partial charge in [-0.3, -0.25) is 13.9 Å². The van der Waals surface area contributed by atoms with Crippen LogP contribution in [0.1, 0.15) is 31.9 Å². The number of amides is 2. The first-order valence-corrected chi connectivity index (χ1v) is 19.3. The van der Waals surface area contributed by atoms with Crippen LogP contribution in [0.5, 0.6) is 5.75 Å². The molecule has 49 heavy (non-hydrogen) atoms. The fraction of sp³-hybridized carbons (Fsp3) is 0.297. The maximum absolute atomic E-state index is 14.7. The Balaban J connectivity index is 1.85. The van der Waals surface area contributed by atoms with E-state index in [0.717, 1.165) is 14.8 Å². The van der Waals surface area contributed by atoms with E-state index in [1.54, 1.807) is 61.5 Å². The van der Waals surface area contributed by atoms with Gasteiger partial charge in [0.15, 0.2) is 0 Å². The third-order valence-electron chi connectivity index (χ3n) is 7.65. The monoisotopic (exact) mass is 741 g/mol. The summed E-state index contributed by atoms with van der Waals surface area (Å²) in [5.74, 6) is -0.493. The molecule has 8 nitrogen and oxygen atoms in total. The summed E-state index contributed by atoms with van der Waals surface area (Å²) in [5.41, 5.74) is 1.65. The van der Waals surface area contributed by atoms with Crippen LogP contribution in [-0.4, -0.2) is 57.1 Å². The molecule has 4 aromatic carbocycles. The van der Waals surface area contributed by atoms with E-state index in [9.17, 15) is 18.0 Å². The third-order valence-corrected chi connectivity index (χ3v) is 10.9. The van der Waals surface area contributed by atoms with Gasteiger partial charge in [0.1, 0.15) is 18.3 Å². The Bertz CT molecular complexity index is 1820. The van der Waals surface area contributed by atoms with Crippen LogP contribution in [0.15, 0.2) is 107 Å².